The Bertz CT molecular complexity index is 1440. The summed E-state index contributed by atoms with van der Waals surface area (Å²) in [7, 11) is -3.11. The predicted octanol–water partition coefficient (Wildman–Crippen LogP) is 6.71. The molecular formula is C36H47N3O2S. The molecule has 3 heterocycles. The van der Waals surface area contributed by atoms with E-state index in [-0.39, 0.29) is 10.7 Å². The van der Waals surface area contributed by atoms with Crippen molar-refractivity contribution >= 4 is 15.5 Å². The second-order valence-corrected chi connectivity index (χ2v) is 16.0. The molecule has 2 saturated heterocycles. The highest BCUT2D eigenvalue weighted by molar-refractivity contribution is 7.92. The molecule has 2 aromatic carbocycles. The van der Waals surface area contributed by atoms with Gasteiger partial charge in [0.05, 0.1) is 10.1 Å². The van der Waals surface area contributed by atoms with Crippen molar-refractivity contribution in [1.82, 2.24) is 9.47 Å². The van der Waals surface area contributed by atoms with Gasteiger partial charge in [0.2, 0.25) is 0 Å². The number of aromatic nitrogens is 1. The summed E-state index contributed by atoms with van der Waals surface area (Å²) >= 11 is 0. The monoisotopic (exact) mass is 585 g/mol. The average molecular weight is 586 g/mol. The molecule has 42 heavy (non-hydrogen) atoms. The minimum absolute atomic E-state index is 0.144. The van der Waals surface area contributed by atoms with Crippen LogP contribution in [0, 0.1) is 24.7 Å². The molecule has 7 rings (SSSR count). The smallest absolute Gasteiger partial charge is 0.181 e. The summed E-state index contributed by atoms with van der Waals surface area (Å²) in [6, 6.07) is 23.7. The van der Waals surface area contributed by atoms with E-state index < -0.39 is 9.84 Å². The van der Waals surface area contributed by atoms with Gasteiger partial charge in [0.15, 0.2) is 9.84 Å². The van der Waals surface area contributed by atoms with Crippen LogP contribution in [0.4, 0.5) is 5.69 Å². The number of piperidine rings is 1. The number of hydrogen-bond acceptors (Lipinski definition) is 4. The zero-order valence-electron chi connectivity index (χ0n) is 25.2. The van der Waals surface area contributed by atoms with Crippen LogP contribution in [0.25, 0.3) is 0 Å². The molecule has 0 N–H and O–H groups in total. The first kappa shape index (κ1) is 28.2. The zero-order valence-corrected chi connectivity index (χ0v) is 26.0. The molecule has 4 fully saturated rings. The fourth-order valence-corrected chi connectivity index (χ4v) is 10.3. The van der Waals surface area contributed by atoms with Crippen molar-refractivity contribution in [3.63, 3.8) is 0 Å². The van der Waals surface area contributed by atoms with E-state index in [1.807, 2.05) is 24.3 Å². The minimum atomic E-state index is -3.11. The molecular weight excluding hydrogens is 538 g/mol. The van der Waals surface area contributed by atoms with E-state index in [0.29, 0.717) is 16.7 Å². The molecule has 1 atom stereocenters. The lowest BCUT2D eigenvalue weighted by Crippen LogP contribution is -2.54. The van der Waals surface area contributed by atoms with Gasteiger partial charge >= 0.3 is 0 Å². The van der Waals surface area contributed by atoms with Gasteiger partial charge in [-0.3, -0.25) is 0 Å². The maximum absolute atomic E-state index is 12.5. The van der Waals surface area contributed by atoms with Crippen LogP contribution in [0.15, 0.2) is 77.8 Å². The van der Waals surface area contributed by atoms with Crippen LogP contribution in [0.1, 0.15) is 62.6 Å². The van der Waals surface area contributed by atoms with Crippen LogP contribution < -0.4 is 4.90 Å². The van der Waals surface area contributed by atoms with Gasteiger partial charge in [-0.25, -0.2) is 8.42 Å². The van der Waals surface area contributed by atoms with E-state index in [2.05, 4.69) is 70.0 Å². The summed E-state index contributed by atoms with van der Waals surface area (Å²) in [5, 5.41) is -0.144. The maximum atomic E-state index is 12.5. The highest BCUT2D eigenvalue weighted by atomic mass is 32.2. The second-order valence-electron chi connectivity index (χ2n) is 13.7. The lowest BCUT2D eigenvalue weighted by atomic mass is 9.59. The van der Waals surface area contributed by atoms with Gasteiger partial charge < -0.3 is 14.4 Å². The van der Waals surface area contributed by atoms with E-state index in [1.54, 1.807) is 5.56 Å². The second kappa shape index (κ2) is 11.5. The Morgan fingerprint density at radius 3 is 2.07 bits per heavy atom. The average Bonchev–Trinajstić information content (AvgIpc) is 3.58. The molecule has 4 aliphatic rings. The zero-order chi connectivity index (χ0) is 28.7. The van der Waals surface area contributed by atoms with Crippen LogP contribution >= 0.6 is 0 Å². The molecule has 0 radical (unpaired) electrons. The highest BCUT2D eigenvalue weighted by Gasteiger charge is 2.48. The Labute approximate surface area is 252 Å². The largest absolute Gasteiger partial charge is 0.371 e. The lowest BCUT2D eigenvalue weighted by Gasteiger charge is -2.50. The Hall–Kier alpha value is -2.57. The van der Waals surface area contributed by atoms with Gasteiger partial charge in [0.1, 0.15) is 0 Å². The molecule has 0 amide bonds. The van der Waals surface area contributed by atoms with E-state index in [0.717, 1.165) is 44.1 Å². The quantitative estimate of drug-likeness (QED) is 0.265. The van der Waals surface area contributed by atoms with Crippen LogP contribution in [0.5, 0.6) is 0 Å². The fourth-order valence-electron chi connectivity index (χ4n) is 8.61. The molecule has 2 aliphatic carbocycles. The van der Waals surface area contributed by atoms with E-state index in [9.17, 15) is 8.42 Å². The molecule has 5 nitrogen and oxygen atoms in total. The summed E-state index contributed by atoms with van der Waals surface area (Å²) in [6.45, 7) is 9.07. The summed E-state index contributed by atoms with van der Waals surface area (Å²) in [5.41, 5.74) is 4.29. The number of anilines is 1. The molecule has 6 heteroatoms. The van der Waals surface area contributed by atoms with E-state index >= 15 is 0 Å². The van der Waals surface area contributed by atoms with Crippen molar-refractivity contribution in [2.24, 2.45) is 17.8 Å². The third kappa shape index (κ3) is 5.34. The van der Waals surface area contributed by atoms with Crippen molar-refractivity contribution in [2.75, 3.05) is 37.6 Å². The number of aryl methyl sites for hydroxylation is 1. The fraction of sp³-hybridized carbons (Fsp3) is 0.556. The van der Waals surface area contributed by atoms with E-state index in [4.69, 9.17) is 0 Å². The van der Waals surface area contributed by atoms with Gasteiger partial charge in [-0.1, -0.05) is 43.2 Å². The Morgan fingerprint density at radius 2 is 1.45 bits per heavy atom. The molecule has 2 saturated carbocycles. The normalized spacial score (nSPS) is 22.7. The SMILES string of the molecule is Cc1cccn1CC(c1ccccc1)(C1CCCC1)C1CCN(CC2CN(c3ccc(S(=O)(=O)C4CC4)cc3)C2)CC1. The number of nitrogens with zero attached hydrogens (tertiary/aromatic N) is 3. The van der Waals surface area contributed by atoms with Crippen LogP contribution in [-0.4, -0.2) is 55.9 Å². The number of hydrogen-bond donors (Lipinski definition) is 0. The van der Waals surface area contributed by atoms with E-state index in [1.165, 1.54) is 63.9 Å². The summed E-state index contributed by atoms with van der Waals surface area (Å²) < 4.78 is 27.6. The van der Waals surface area contributed by atoms with Crippen LogP contribution in [0.3, 0.4) is 0 Å². The molecule has 1 aromatic heterocycles. The van der Waals surface area contributed by atoms with Gasteiger partial charge in [-0.05, 0) is 112 Å². The number of benzene rings is 2. The van der Waals surface area contributed by atoms with Crippen molar-refractivity contribution in [2.45, 2.75) is 80.4 Å². The molecule has 0 bridgehead atoms. The molecule has 224 valence electrons. The molecule has 3 aromatic rings. The third-order valence-corrected chi connectivity index (χ3v) is 13.4. The third-order valence-electron chi connectivity index (χ3n) is 11.2. The summed E-state index contributed by atoms with van der Waals surface area (Å²) in [5.74, 6) is 2.14. The highest BCUT2D eigenvalue weighted by Crippen LogP contribution is 2.51. The summed E-state index contributed by atoms with van der Waals surface area (Å²) in [6.07, 6.45) is 12.0. The Balaban J connectivity index is 1.00. The van der Waals surface area contributed by atoms with Gasteiger partial charge in [-0.2, -0.15) is 0 Å². The predicted molar refractivity (Wildman–Crippen MR) is 171 cm³/mol. The van der Waals surface area contributed by atoms with Gasteiger partial charge in [0.25, 0.3) is 0 Å². The standard InChI is InChI=1S/C36H47N3O2S/c1-28-8-7-21-38(28)27-36(31-11-5-6-12-31,30-9-3-2-4-10-30)32-19-22-37(23-20-32)24-29-25-39(26-29)33-13-15-34(16-14-33)42(40,41)35-17-18-35/h2-4,7-10,13-16,21,29,31-32,35H,5-6,11-12,17-20,22-27H2,1H3. The van der Waals surface area contributed by atoms with Crippen molar-refractivity contribution < 1.29 is 8.42 Å². The van der Waals surface area contributed by atoms with Gasteiger partial charge in [0, 0.05) is 55.1 Å². The summed E-state index contributed by atoms with van der Waals surface area (Å²) in [4.78, 5) is 5.63. The van der Waals surface area contributed by atoms with Gasteiger partial charge in [-0.15, -0.1) is 0 Å². The first-order valence-electron chi connectivity index (χ1n) is 16.4. The van der Waals surface area contributed by atoms with Crippen LogP contribution in [0.2, 0.25) is 0 Å². The first-order chi connectivity index (χ1) is 20.4. The topological polar surface area (TPSA) is 45.5 Å². The first-order valence-corrected chi connectivity index (χ1v) is 18.0. The minimum Gasteiger partial charge on any atom is -0.371 e. The van der Waals surface area contributed by atoms with Crippen molar-refractivity contribution in [3.8, 4) is 0 Å². The Kier molecular flexibility index (Phi) is 7.72. The maximum Gasteiger partial charge on any atom is 0.181 e. The van der Waals surface area contributed by atoms with Crippen LogP contribution in [-0.2, 0) is 21.8 Å². The molecule has 1 unspecified atom stereocenters. The van der Waals surface area contributed by atoms with Crippen molar-refractivity contribution in [1.29, 1.82) is 0 Å². The molecule has 0 spiro atoms. The lowest BCUT2D eigenvalue weighted by molar-refractivity contribution is 0.0643. The van der Waals surface area contributed by atoms with Crippen molar-refractivity contribution in [3.05, 3.63) is 84.2 Å². The number of sulfone groups is 1. The number of rotatable bonds is 10. The number of likely N-dealkylation sites (tertiary alicyclic amines) is 1. The Morgan fingerprint density at radius 1 is 0.786 bits per heavy atom. The molecule has 2 aliphatic heterocycles.